The van der Waals surface area contributed by atoms with Crippen LogP contribution in [0.1, 0.15) is 71.6 Å². The first-order valence-electron chi connectivity index (χ1n) is 12.8. The fraction of sp³-hybridized carbons (Fsp3) is 0.846. The number of hydrogen-bond donors (Lipinski definition) is 3. The lowest BCUT2D eigenvalue weighted by atomic mass is 9.41. The number of ether oxygens (including phenoxy) is 2. The third-order valence-electron chi connectivity index (χ3n) is 10.4. The van der Waals surface area contributed by atoms with E-state index in [-0.39, 0.29) is 50.1 Å². The topological polar surface area (TPSA) is 113 Å². The lowest BCUT2D eigenvalue weighted by Gasteiger charge is -2.65. The van der Waals surface area contributed by atoms with Crippen molar-refractivity contribution in [3.8, 4) is 0 Å². The number of halogens is 2. The molecule has 0 saturated heterocycles. The minimum absolute atomic E-state index is 0.0154. The first-order valence-corrected chi connectivity index (χ1v) is 12.8. The van der Waals surface area contributed by atoms with E-state index in [9.17, 15) is 33.7 Å². The van der Waals surface area contributed by atoms with E-state index in [0.717, 1.165) is 5.57 Å². The minimum atomic E-state index is -3.21. The number of aliphatic hydroxyl groups excluding tert-OH is 1. The molecule has 3 N–H and O–H groups in total. The zero-order chi connectivity index (χ0) is 25.4. The second-order valence-corrected chi connectivity index (χ2v) is 12.1. The zero-order valence-corrected chi connectivity index (χ0v) is 20.4. The van der Waals surface area contributed by atoms with Crippen LogP contribution in [0.15, 0.2) is 11.6 Å². The third-order valence-corrected chi connectivity index (χ3v) is 10.4. The molecule has 0 amide bonds. The van der Waals surface area contributed by atoms with Gasteiger partial charge in [0.2, 0.25) is 0 Å². The Morgan fingerprint density at radius 1 is 1.14 bits per heavy atom. The number of rotatable bonds is 4. The summed E-state index contributed by atoms with van der Waals surface area (Å²) in [7, 11) is 0. The van der Waals surface area contributed by atoms with Gasteiger partial charge in [0.05, 0.1) is 22.7 Å². The lowest BCUT2D eigenvalue weighted by Crippen LogP contribution is -2.70. The maximum atomic E-state index is 13.6. The maximum absolute atomic E-state index is 13.6. The van der Waals surface area contributed by atoms with Crippen molar-refractivity contribution in [1.29, 1.82) is 0 Å². The molecule has 8 atom stereocenters. The molecule has 1 aliphatic heterocycles. The molecule has 0 aromatic carbocycles. The van der Waals surface area contributed by atoms with Crippen molar-refractivity contribution in [2.24, 2.45) is 28.6 Å². The van der Waals surface area contributed by atoms with Crippen LogP contribution in [0.4, 0.5) is 8.78 Å². The fourth-order valence-corrected chi connectivity index (χ4v) is 8.79. The molecule has 35 heavy (non-hydrogen) atoms. The summed E-state index contributed by atoms with van der Waals surface area (Å²) in [4.78, 5) is 25.3. The van der Waals surface area contributed by atoms with Crippen molar-refractivity contribution < 1.29 is 43.2 Å². The van der Waals surface area contributed by atoms with Crippen molar-refractivity contribution in [1.82, 2.24) is 0 Å². The number of carbonyl (C=O) groups excluding carboxylic acids is 2. The van der Waals surface area contributed by atoms with Gasteiger partial charge in [-0.05, 0) is 74.7 Å². The number of hydrogen-bond acceptors (Lipinski definition) is 7. The summed E-state index contributed by atoms with van der Waals surface area (Å²) in [5.41, 5.74) is -3.84. The molecule has 196 valence electrons. The number of fused-ring (bicyclic) bond motifs is 5. The van der Waals surface area contributed by atoms with Crippen molar-refractivity contribution in [3.63, 3.8) is 0 Å². The van der Waals surface area contributed by atoms with E-state index >= 15 is 0 Å². The van der Waals surface area contributed by atoms with Crippen LogP contribution in [-0.2, 0) is 19.1 Å². The van der Waals surface area contributed by atoms with Gasteiger partial charge in [0.1, 0.15) is 6.61 Å². The van der Waals surface area contributed by atoms with Crippen LogP contribution in [-0.4, -0.2) is 63.7 Å². The highest BCUT2D eigenvalue weighted by Gasteiger charge is 2.73. The highest BCUT2D eigenvalue weighted by Crippen LogP contribution is 2.71. The summed E-state index contributed by atoms with van der Waals surface area (Å²) >= 11 is 0. The monoisotopic (exact) mass is 498 g/mol. The van der Waals surface area contributed by atoms with E-state index < -0.39 is 52.6 Å². The lowest BCUT2D eigenvalue weighted by molar-refractivity contribution is -0.264. The molecule has 0 bridgehead atoms. The summed E-state index contributed by atoms with van der Waals surface area (Å²) in [5.74, 6) is -5.25. The normalized spacial score (nSPS) is 47.3. The summed E-state index contributed by atoms with van der Waals surface area (Å²) in [5, 5.41) is 34.4. The van der Waals surface area contributed by atoms with Crippen LogP contribution in [0.2, 0.25) is 0 Å². The van der Waals surface area contributed by atoms with Gasteiger partial charge in [-0.2, -0.15) is 0 Å². The summed E-state index contributed by atoms with van der Waals surface area (Å²) < 4.78 is 37.5. The molecule has 1 heterocycles. The van der Waals surface area contributed by atoms with E-state index in [1.807, 2.05) is 6.92 Å². The molecule has 4 aliphatic carbocycles. The number of alkyl halides is 2. The zero-order valence-electron chi connectivity index (χ0n) is 20.4. The van der Waals surface area contributed by atoms with E-state index in [1.54, 1.807) is 0 Å². The summed E-state index contributed by atoms with van der Waals surface area (Å²) in [6.45, 7) is 1.87. The SMILES string of the molecule is CC(F)(F)COC(=O)[C@]12CC[C@@H](O)C[C@@]1(O)CC[C@@H]1[C@@H]2CC[C@]2(C)[C@@H](C3=CC(=O)OC3)CC[C@@]12O. The molecule has 4 saturated carbocycles. The van der Waals surface area contributed by atoms with Crippen LogP contribution >= 0.6 is 0 Å². The quantitative estimate of drug-likeness (QED) is 0.511. The highest BCUT2D eigenvalue weighted by atomic mass is 19.3. The van der Waals surface area contributed by atoms with Crippen molar-refractivity contribution >= 4 is 11.9 Å². The number of cyclic esters (lactones) is 1. The largest absolute Gasteiger partial charge is 0.459 e. The van der Waals surface area contributed by atoms with Crippen LogP contribution in [0.25, 0.3) is 0 Å². The Hall–Kier alpha value is -1.58. The second kappa shape index (κ2) is 7.96. The van der Waals surface area contributed by atoms with Gasteiger partial charge in [0, 0.05) is 24.8 Å². The first-order chi connectivity index (χ1) is 16.3. The van der Waals surface area contributed by atoms with E-state index in [1.165, 1.54) is 6.08 Å². The van der Waals surface area contributed by atoms with Crippen LogP contribution < -0.4 is 0 Å². The maximum Gasteiger partial charge on any atom is 0.331 e. The Morgan fingerprint density at radius 2 is 1.86 bits per heavy atom. The number of aliphatic hydroxyl groups is 3. The van der Waals surface area contributed by atoms with E-state index in [0.29, 0.717) is 39.0 Å². The second-order valence-electron chi connectivity index (χ2n) is 12.1. The smallest absolute Gasteiger partial charge is 0.331 e. The molecular formula is C26H36F2O7. The van der Waals surface area contributed by atoms with Gasteiger partial charge in [-0.15, -0.1) is 0 Å². The molecule has 0 radical (unpaired) electrons. The molecule has 9 heteroatoms. The average Bonchev–Trinajstić information content (AvgIpc) is 3.30. The van der Waals surface area contributed by atoms with Crippen molar-refractivity contribution in [2.75, 3.05) is 13.2 Å². The molecule has 4 fully saturated rings. The van der Waals surface area contributed by atoms with E-state index in [2.05, 4.69) is 0 Å². The number of esters is 2. The van der Waals surface area contributed by atoms with Gasteiger partial charge in [-0.1, -0.05) is 6.92 Å². The predicted octanol–water partition coefficient (Wildman–Crippen LogP) is 2.90. The molecular weight excluding hydrogens is 462 g/mol. The predicted molar refractivity (Wildman–Crippen MR) is 119 cm³/mol. The van der Waals surface area contributed by atoms with Gasteiger partial charge < -0.3 is 24.8 Å². The van der Waals surface area contributed by atoms with Gasteiger partial charge in [0.25, 0.3) is 5.92 Å². The Bertz CT molecular complexity index is 946. The van der Waals surface area contributed by atoms with Crippen LogP contribution in [0, 0.1) is 28.6 Å². The Morgan fingerprint density at radius 3 is 2.51 bits per heavy atom. The van der Waals surface area contributed by atoms with E-state index in [4.69, 9.17) is 9.47 Å². The van der Waals surface area contributed by atoms with Crippen molar-refractivity contribution in [2.45, 2.75) is 94.9 Å². The van der Waals surface area contributed by atoms with Crippen LogP contribution in [0.5, 0.6) is 0 Å². The molecule has 7 nitrogen and oxygen atoms in total. The van der Waals surface area contributed by atoms with Crippen LogP contribution in [0.3, 0.4) is 0 Å². The van der Waals surface area contributed by atoms with Crippen molar-refractivity contribution in [3.05, 3.63) is 11.6 Å². The molecule has 0 unspecified atom stereocenters. The highest BCUT2D eigenvalue weighted by molar-refractivity contribution is 5.85. The summed E-state index contributed by atoms with van der Waals surface area (Å²) in [6.07, 6.45) is 3.98. The van der Waals surface area contributed by atoms with Gasteiger partial charge in [-0.25, -0.2) is 13.6 Å². The summed E-state index contributed by atoms with van der Waals surface area (Å²) in [6, 6.07) is 0. The van der Waals surface area contributed by atoms with Gasteiger partial charge in [0.15, 0.2) is 6.61 Å². The minimum Gasteiger partial charge on any atom is -0.459 e. The standard InChI is InChI=1S/C26H36F2O7/c1-22-7-4-18-19(26(22,33)10-6-17(22)15-11-20(30)34-13-15)5-8-24(32)12-16(29)3-9-25(18,24)21(31)35-14-23(2,27)28/h11,16-19,29,32-33H,3-10,12-14H2,1-2H3/t16-,17-,18+,19-,22-,24+,25-,26-/m1/s1. The van der Waals surface area contributed by atoms with Gasteiger partial charge >= 0.3 is 11.9 Å². The molecule has 0 aromatic heterocycles. The third kappa shape index (κ3) is 3.51. The number of carbonyl (C=O) groups is 2. The first kappa shape index (κ1) is 25.1. The molecule has 0 aromatic rings. The van der Waals surface area contributed by atoms with Gasteiger partial charge in [-0.3, -0.25) is 4.79 Å². The fourth-order valence-electron chi connectivity index (χ4n) is 8.79. The Labute approximate surface area is 203 Å². The Kier molecular flexibility index (Phi) is 5.70. The Balaban J connectivity index is 1.52. The molecule has 0 spiro atoms. The molecule has 5 aliphatic rings. The average molecular weight is 499 g/mol. The molecule has 5 rings (SSSR count).